The number of phenolic OH excluding ortho intramolecular Hbond substituents is 1. The second-order valence-corrected chi connectivity index (χ2v) is 4.78. The van der Waals surface area contributed by atoms with Crippen LogP contribution in [-0.4, -0.2) is 11.0 Å². The van der Waals surface area contributed by atoms with Gasteiger partial charge in [-0.25, -0.2) is 0 Å². The Kier molecular flexibility index (Phi) is 3.99. The zero-order valence-electron chi connectivity index (χ0n) is 9.56. The number of benzene rings is 2. The first-order valence-electron chi connectivity index (χ1n) is 5.47. The molecule has 2 aromatic carbocycles. The minimum atomic E-state index is -0.158. The van der Waals surface area contributed by atoms with Gasteiger partial charge in [-0.15, -0.1) is 0 Å². The molecule has 2 N–H and O–H groups in total. The molecule has 0 aliphatic carbocycles. The van der Waals surface area contributed by atoms with Crippen molar-refractivity contribution in [1.82, 2.24) is 0 Å². The number of anilines is 1. The Hall–Kier alpha value is -1.81. The van der Waals surface area contributed by atoms with E-state index in [-0.39, 0.29) is 18.1 Å². The van der Waals surface area contributed by atoms with Crippen molar-refractivity contribution in [3.05, 3.63) is 58.6 Å². The van der Waals surface area contributed by atoms with E-state index in [9.17, 15) is 9.90 Å². The number of nitrogens with one attached hydrogen (secondary N) is 1. The van der Waals surface area contributed by atoms with Crippen LogP contribution in [0.5, 0.6) is 5.75 Å². The highest BCUT2D eigenvalue weighted by atomic mass is 79.9. The van der Waals surface area contributed by atoms with Crippen LogP contribution in [0.15, 0.2) is 53.0 Å². The minimum Gasteiger partial charge on any atom is -0.508 e. The van der Waals surface area contributed by atoms with Crippen LogP contribution < -0.4 is 5.32 Å². The quantitative estimate of drug-likeness (QED) is 0.914. The highest BCUT2D eigenvalue weighted by Gasteiger charge is 2.07. The summed E-state index contributed by atoms with van der Waals surface area (Å²) in [7, 11) is 0. The van der Waals surface area contributed by atoms with Crippen LogP contribution in [-0.2, 0) is 11.2 Å². The van der Waals surface area contributed by atoms with Crippen LogP contribution in [0.3, 0.4) is 0 Å². The molecule has 0 aliphatic rings. The van der Waals surface area contributed by atoms with Crippen molar-refractivity contribution < 1.29 is 9.90 Å². The highest BCUT2D eigenvalue weighted by molar-refractivity contribution is 9.10. The first-order chi connectivity index (χ1) is 8.65. The standard InChI is InChI=1S/C14H12BrNO2/c15-11-5-3-6-12(9-11)16-14(18)8-10-4-1-2-7-13(10)17/h1-7,9,17H,8H2,(H,16,18). The smallest absolute Gasteiger partial charge is 0.228 e. The summed E-state index contributed by atoms with van der Waals surface area (Å²) in [6.07, 6.45) is 0.152. The number of carbonyl (C=O) groups is 1. The van der Waals surface area contributed by atoms with Gasteiger partial charge in [0, 0.05) is 15.7 Å². The molecule has 0 bridgehead atoms. The number of aromatic hydroxyl groups is 1. The summed E-state index contributed by atoms with van der Waals surface area (Å²) in [5.41, 5.74) is 1.34. The van der Waals surface area contributed by atoms with Crippen LogP contribution in [0.2, 0.25) is 0 Å². The highest BCUT2D eigenvalue weighted by Crippen LogP contribution is 2.18. The normalized spacial score (nSPS) is 10.1. The molecule has 4 heteroatoms. The molecule has 2 rings (SSSR count). The lowest BCUT2D eigenvalue weighted by atomic mass is 10.1. The van der Waals surface area contributed by atoms with Gasteiger partial charge in [0.25, 0.3) is 0 Å². The SMILES string of the molecule is O=C(Cc1ccccc1O)Nc1cccc(Br)c1. The van der Waals surface area contributed by atoms with Crippen LogP contribution in [0.1, 0.15) is 5.56 Å². The van der Waals surface area contributed by atoms with Crippen LogP contribution >= 0.6 is 15.9 Å². The minimum absolute atomic E-state index is 0.141. The van der Waals surface area contributed by atoms with Crippen molar-refractivity contribution in [2.45, 2.75) is 6.42 Å². The second-order valence-electron chi connectivity index (χ2n) is 3.86. The second kappa shape index (κ2) is 5.69. The van der Waals surface area contributed by atoms with E-state index in [0.717, 1.165) is 10.2 Å². The number of phenols is 1. The van der Waals surface area contributed by atoms with E-state index < -0.39 is 0 Å². The fourth-order valence-electron chi connectivity index (χ4n) is 1.60. The van der Waals surface area contributed by atoms with Gasteiger partial charge in [0.1, 0.15) is 5.75 Å². The van der Waals surface area contributed by atoms with Gasteiger partial charge in [-0.3, -0.25) is 4.79 Å². The first kappa shape index (κ1) is 12.6. The van der Waals surface area contributed by atoms with E-state index in [4.69, 9.17) is 0 Å². The van der Waals surface area contributed by atoms with E-state index in [1.807, 2.05) is 24.3 Å². The van der Waals surface area contributed by atoms with Gasteiger partial charge in [-0.05, 0) is 24.3 Å². The van der Waals surface area contributed by atoms with Gasteiger partial charge < -0.3 is 10.4 Å². The van der Waals surface area contributed by atoms with E-state index in [2.05, 4.69) is 21.2 Å². The van der Waals surface area contributed by atoms with Gasteiger partial charge in [0.2, 0.25) is 5.91 Å². The largest absolute Gasteiger partial charge is 0.508 e. The number of hydrogen-bond donors (Lipinski definition) is 2. The third-order valence-electron chi connectivity index (χ3n) is 2.45. The van der Waals surface area contributed by atoms with Gasteiger partial charge >= 0.3 is 0 Å². The van der Waals surface area contributed by atoms with Gasteiger partial charge in [0.15, 0.2) is 0 Å². The number of halogens is 1. The van der Waals surface area contributed by atoms with Gasteiger partial charge in [-0.2, -0.15) is 0 Å². The molecule has 0 fully saturated rings. The Balaban J connectivity index is 2.03. The van der Waals surface area contributed by atoms with E-state index in [1.54, 1.807) is 24.3 Å². The molecule has 1 amide bonds. The molecule has 2 aromatic rings. The van der Waals surface area contributed by atoms with Crippen LogP contribution in [0.25, 0.3) is 0 Å². The number of carbonyl (C=O) groups excluding carboxylic acids is 1. The summed E-state index contributed by atoms with van der Waals surface area (Å²) in [6, 6.07) is 14.2. The maximum atomic E-state index is 11.8. The summed E-state index contributed by atoms with van der Waals surface area (Å²) in [5, 5.41) is 12.4. The molecule has 0 aliphatic heterocycles. The third kappa shape index (κ3) is 3.34. The van der Waals surface area contributed by atoms with Crippen molar-refractivity contribution >= 4 is 27.5 Å². The monoisotopic (exact) mass is 305 g/mol. The number of amides is 1. The Bertz CT molecular complexity index is 569. The van der Waals surface area contributed by atoms with E-state index >= 15 is 0 Å². The summed E-state index contributed by atoms with van der Waals surface area (Å²) in [5.74, 6) is -0.0171. The zero-order valence-corrected chi connectivity index (χ0v) is 11.1. The predicted octanol–water partition coefficient (Wildman–Crippen LogP) is 3.34. The molecule has 0 saturated carbocycles. The van der Waals surface area contributed by atoms with Gasteiger partial charge in [-0.1, -0.05) is 40.2 Å². The topological polar surface area (TPSA) is 49.3 Å². The lowest BCUT2D eigenvalue weighted by Crippen LogP contribution is -2.14. The molecule has 0 radical (unpaired) electrons. The lowest BCUT2D eigenvalue weighted by Gasteiger charge is -2.06. The third-order valence-corrected chi connectivity index (χ3v) is 2.94. The maximum Gasteiger partial charge on any atom is 0.228 e. The molecular formula is C14H12BrNO2. The fraction of sp³-hybridized carbons (Fsp3) is 0.0714. The van der Waals surface area contributed by atoms with E-state index in [1.165, 1.54) is 0 Å². The number of hydrogen-bond acceptors (Lipinski definition) is 2. The first-order valence-corrected chi connectivity index (χ1v) is 6.27. The number of rotatable bonds is 3. The molecular weight excluding hydrogens is 294 g/mol. The Morgan fingerprint density at radius 3 is 2.67 bits per heavy atom. The summed E-state index contributed by atoms with van der Waals surface area (Å²) in [4.78, 5) is 11.8. The summed E-state index contributed by atoms with van der Waals surface area (Å²) < 4.78 is 0.905. The molecule has 92 valence electrons. The molecule has 3 nitrogen and oxygen atoms in total. The van der Waals surface area contributed by atoms with Crippen molar-refractivity contribution in [2.24, 2.45) is 0 Å². The molecule has 0 saturated heterocycles. The van der Waals surface area contributed by atoms with Crippen molar-refractivity contribution in [3.8, 4) is 5.75 Å². The predicted molar refractivity (Wildman–Crippen MR) is 74.6 cm³/mol. The van der Waals surface area contributed by atoms with Crippen molar-refractivity contribution in [3.63, 3.8) is 0 Å². The van der Waals surface area contributed by atoms with Crippen LogP contribution in [0.4, 0.5) is 5.69 Å². The summed E-state index contributed by atoms with van der Waals surface area (Å²) in [6.45, 7) is 0. The average molecular weight is 306 g/mol. The Morgan fingerprint density at radius 2 is 1.94 bits per heavy atom. The molecule has 0 heterocycles. The molecule has 0 aromatic heterocycles. The maximum absolute atomic E-state index is 11.8. The summed E-state index contributed by atoms with van der Waals surface area (Å²) >= 11 is 3.34. The van der Waals surface area contributed by atoms with Crippen LogP contribution in [0, 0.1) is 0 Å². The molecule has 0 spiro atoms. The van der Waals surface area contributed by atoms with Crippen molar-refractivity contribution in [1.29, 1.82) is 0 Å². The van der Waals surface area contributed by atoms with Crippen molar-refractivity contribution in [2.75, 3.05) is 5.32 Å². The zero-order chi connectivity index (χ0) is 13.0. The molecule has 0 atom stereocenters. The Morgan fingerprint density at radius 1 is 1.17 bits per heavy atom. The van der Waals surface area contributed by atoms with E-state index in [0.29, 0.717) is 5.56 Å². The fourth-order valence-corrected chi connectivity index (χ4v) is 2.00. The Labute approximate surface area is 114 Å². The molecule has 18 heavy (non-hydrogen) atoms. The molecule has 0 unspecified atom stereocenters. The number of para-hydroxylation sites is 1. The lowest BCUT2D eigenvalue weighted by molar-refractivity contribution is -0.115. The van der Waals surface area contributed by atoms with Gasteiger partial charge in [0.05, 0.1) is 6.42 Å². The average Bonchev–Trinajstić information content (AvgIpc) is 2.32.